The number of carbonyl (C=O) groups excluding carboxylic acids is 2. The molecule has 25 heavy (non-hydrogen) atoms. The third-order valence-electron chi connectivity index (χ3n) is 3.23. The van der Waals surface area contributed by atoms with Crippen molar-refractivity contribution < 1.29 is 23.1 Å². The van der Waals surface area contributed by atoms with Gasteiger partial charge in [-0.1, -0.05) is 23.2 Å². The Bertz CT molecular complexity index is 831. The Kier molecular flexibility index (Phi) is 6.27. The minimum Gasteiger partial charge on any atom is -0.465 e. The van der Waals surface area contributed by atoms with E-state index in [2.05, 4.69) is 15.0 Å². The van der Waals surface area contributed by atoms with Crippen molar-refractivity contribution in [3.8, 4) is 0 Å². The van der Waals surface area contributed by atoms with Crippen LogP contribution in [-0.2, 0) is 16.0 Å². The van der Waals surface area contributed by atoms with Crippen LogP contribution in [0.15, 0.2) is 24.3 Å². The Labute approximate surface area is 151 Å². The first-order chi connectivity index (χ1) is 11.8. The zero-order chi connectivity index (χ0) is 18.6. The van der Waals surface area contributed by atoms with Crippen LogP contribution in [-0.4, -0.2) is 30.4 Å². The number of carbonyl (C=O) groups is 2. The van der Waals surface area contributed by atoms with E-state index in [1.165, 1.54) is 19.2 Å². The number of nitrogens with one attached hydrogen (secondary N) is 1. The van der Waals surface area contributed by atoms with E-state index in [-0.39, 0.29) is 28.6 Å². The van der Waals surface area contributed by atoms with Gasteiger partial charge >= 0.3 is 5.97 Å². The molecule has 9 heteroatoms. The Morgan fingerprint density at radius 1 is 1.16 bits per heavy atom. The lowest BCUT2D eigenvalue weighted by atomic mass is 10.1. The number of nitrogens with zero attached hydrogens (tertiary/aromatic N) is 1. The highest BCUT2D eigenvalue weighted by molar-refractivity contribution is 6.31. The molecule has 0 aliphatic heterocycles. The summed E-state index contributed by atoms with van der Waals surface area (Å²) in [6, 6.07) is 4.55. The minimum absolute atomic E-state index is 0.0403. The first kappa shape index (κ1) is 19.1. The third-order valence-corrected chi connectivity index (χ3v) is 3.85. The van der Waals surface area contributed by atoms with Crippen LogP contribution in [0.2, 0.25) is 10.2 Å². The fourth-order valence-electron chi connectivity index (χ4n) is 2.02. The molecular weight excluding hydrogens is 377 g/mol. The summed E-state index contributed by atoms with van der Waals surface area (Å²) in [4.78, 5) is 27.6. The summed E-state index contributed by atoms with van der Waals surface area (Å²) < 4.78 is 31.7. The summed E-state index contributed by atoms with van der Waals surface area (Å²) in [6.07, 6.45) is -0.427. The van der Waals surface area contributed by atoms with Crippen molar-refractivity contribution in [1.29, 1.82) is 0 Å². The summed E-state index contributed by atoms with van der Waals surface area (Å²) in [5.41, 5.74) is -0.157. The highest BCUT2D eigenvalue weighted by Gasteiger charge is 2.18. The van der Waals surface area contributed by atoms with Crippen LogP contribution in [0.5, 0.6) is 0 Å². The van der Waals surface area contributed by atoms with Crippen molar-refractivity contribution in [2.45, 2.75) is 6.42 Å². The minimum atomic E-state index is -0.816. The molecule has 5 nitrogen and oxygen atoms in total. The number of Topliss-reactive ketones (excluding diaryl/α,β-unsaturated/α-hetero) is 1. The molecule has 1 N–H and O–H groups in total. The molecule has 0 atom stereocenters. The van der Waals surface area contributed by atoms with Gasteiger partial charge in [0, 0.05) is 12.0 Å². The first-order valence-corrected chi connectivity index (χ1v) is 7.72. The van der Waals surface area contributed by atoms with Crippen LogP contribution >= 0.6 is 23.2 Å². The van der Waals surface area contributed by atoms with Gasteiger partial charge in [0.05, 0.1) is 18.7 Å². The molecule has 0 spiro atoms. The highest BCUT2D eigenvalue weighted by Crippen LogP contribution is 2.23. The summed E-state index contributed by atoms with van der Waals surface area (Å²) >= 11 is 11.5. The van der Waals surface area contributed by atoms with Gasteiger partial charge in [-0.05, 0) is 24.3 Å². The van der Waals surface area contributed by atoms with Crippen LogP contribution in [0, 0.1) is 11.6 Å². The number of ketones is 1. The lowest BCUT2D eigenvalue weighted by Gasteiger charge is -2.10. The summed E-state index contributed by atoms with van der Waals surface area (Å²) in [5, 5.41) is 2.30. The van der Waals surface area contributed by atoms with Gasteiger partial charge in [0.15, 0.2) is 5.78 Å². The molecule has 0 radical (unpaired) electrons. The fourth-order valence-corrected chi connectivity index (χ4v) is 2.39. The van der Waals surface area contributed by atoms with E-state index in [0.717, 1.165) is 12.1 Å². The van der Waals surface area contributed by atoms with Gasteiger partial charge in [-0.2, -0.15) is 0 Å². The normalized spacial score (nSPS) is 10.4. The highest BCUT2D eigenvalue weighted by atomic mass is 35.5. The SMILES string of the molecule is COC(=O)c1ccc(Cl)nc1NCC(=O)Cc1c(F)ccc(F)c1Cl. The molecule has 1 aromatic heterocycles. The second kappa shape index (κ2) is 8.22. The standard InChI is InChI=1S/C16H12Cl2F2N2O3/c1-25-16(24)9-2-5-13(17)22-15(9)21-7-8(23)6-10-11(19)3-4-12(20)14(10)18/h2-5H,6-7H2,1H3,(H,21,22). The van der Waals surface area contributed by atoms with Crippen molar-refractivity contribution in [3.63, 3.8) is 0 Å². The van der Waals surface area contributed by atoms with E-state index in [0.29, 0.717) is 0 Å². The van der Waals surface area contributed by atoms with Crippen molar-refractivity contribution in [3.05, 3.63) is 57.2 Å². The molecule has 0 amide bonds. The van der Waals surface area contributed by atoms with E-state index < -0.39 is 34.8 Å². The van der Waals surface area contributed by atoms with Crippen molar-refractivity contribution >= 4 is 40.8 Å². The number of anilines is 1. The molecule has 0 aliphatic rings. The van der Waals surface area contributed by atoms with E-state index in [4.69, 9.17) is 23.2 Å². The zero-order valence-corrected chi connectivity index (χ0v) is 14.4. The number of pyridine rings is 1. The molecule has 2 rings (SSSR count). The molecule has 0 saturated carbocycles. The van der Waals surface area contributed by atoms with Crippen molar-refractivity contribution in [1.82, 2.24) is 4.98 Å². The number of halogens is 4. The summed E-state index contributed by atoms with van der Waals surface area (Å²) in [7, 11) is 1.20. The van der Waals surface area contributed by atoms with Crippen molar-refractivity contribution in [2.75, 3.05) is 19.0 Å². The maximum absolute atomic E-state index is 13.7. The number of ether oxygens (including phenoxy) is 1. The number of hydrogen-bond acceptors (Lipinski definition) is 5. The van der Waals surface area contributed by atoms with Gasteiger partial charge in [0.25, 0.3) is 0 Å². The number of benzene rings is 1. The number of rotatable bonds is 6. The van der Waals surface area contributed by atoms with Gasteiger partial charge in [-0.3, -0.25) is 4.79 Å². The van der Waals surface area contributed by atoms with Gasteiger partial charge in [-0.25, -0.2) is 18.6 Å². The Morgan fingerprint density at radius 3 is 2.52 bits per heavy atom. The Hall–Kier alpha value is -2.25. The van der Waals surface area contributed by atoms with Crippen LogP contribution < -0.4 is 5.32 Å². The number of methoxy groups -OCH3 is 1. The van der Waals surface area contributed by atoms with Gasteiger partial charge < -0.3 is 10.1 Å². The van der Waals surface area contributed by atoms with E-state index in [1.54, 1.807) is 0 Å². The topological polar surface area (TPSA) is 68.3 Å². The fraction of sp³-hybridized carbons (Fsp3) is 0.188. The number of hydrogen-bond donors (Lipinski definition) is 1. The summed E-state index contributed by atoms with van der Waals surface area (Å²) in [6.45, 7) is -0.302. The zero-order valence-electron chi connectivity index (χ0n) is 12.9. The molecule has 0 saturated heterocycles. The Balaban J connectivity index is 2.12. The van der Waals surface area contributed by atoms with Crippen LogP contribution in [0.3, 0.4) is 0 Å². The monoisotopic (exact) mass is 388 g/mol. The predicted octanol–water partition coefficient (Wildman–Crippen LogP) is 3.68. The van der Waals surface area contributed by atoms with Gasteiger partial charge in [0.1, 0.15) is 28.2 Å². The lowest BCUT2D eigenvalue weighted by molar-refractivity contribution is -0.116. The molecule has 0 fully saturated rings. The van der Waals surface area contributed by atoms with E-state index in [1.807, 2.05) is 0 Å². The smallest absolute Gasteiger partial charge is 0.341 e. The molecule has 1 aromatic carbocycles. The van der Waals surface area contributed by atoms with E-state index >= 15 is 0 Å². The second-order valence-corrected chi connectivity index (χ2v) is 5.68. The molecule has 0 aliphatic carbocycles. The van der Waals surface area contributed by atoms with Crippen LogP contribution in [0.1, 0.15) is 15.9 Å². The Morgan fingerprint density at radius 2 is 1.84 bits per heavy atom. The third kappa shape index (κ3) is 4.64. The van der Waals surface area contributed by atoms with Crippen molar-refractivity contribution in [2.24, 2.45) is 0 Å². The lowest BCUT2D eigenvalue weighted by Crippen LogP contribution is -2.19. The largest absolute Gasteiger partial charge is 0.465 e. The number of esters is 1. The molecule has 2 aromatic rings. The second-order valence-electron chi connectivity index (χ2n) is 4.91. The maximum Gasteiger partial charge on any atom is 0.341 e. The quantitative estimate of drug-likeness (QED) is 0.464. The molecular formula is C16H12Cl2F2N2O3. The average Bonchev–Trinajstić information content (AvgIpc) is 2.59. The molecule has 1 heterocycles. The predicted molar refractivity (Wildman–Crippen MR) is 89.2 cm³/mol. The van der Waals surface area contributed by atoms with Gasteiger partial charge in [0.2, 0.25) is 0 Å². The summed E-state index contributed by atoms with van der Waals surface area (Å²) in [5.74, 6) is -2.72. The van der Waals surface area contributed by atoms with Crippen LogP contribution in [0.25, 0.3) is 0 Å². The van der Waals surface area contributed by atoms with Crippen LogP contribution in [0.4, 0.5) is 14.6 Å². The first-order valence-electron chi connectivity index (χ1n) is 6.96. The molecule has 0 bridgehead atoms. The van der Waals surface area contributed by atoms with E-state index in [9.17, 15) is 18.4 Å². The maximum atomic E-state index is 13.7. The number of aromatic nitrogens is 1. The van der Waals surface area contributed by atoms with Gasteiger partial charge in [-0.15, -0.1) is 0 Å². The molecule has 132 valence electrons. The average molecular weight is 389 g/mol. The molecule has 0 unspecified atom stereocenters.